The average molecular weight is 598 g/mol. The van der Waals surface area contributed by atoms with Gasteiger partial charge < -0.3 is 4.57 Å². The van der Waals surface area contributed by atoms with Gasteiger partial charge in [-0.1, -0.05) is 135 Å². The van der Waals surface area contributed by atoms with Gasteiger partial charge in [-0.25, -0.2) is 0 Å². The summed E-state index contributed by atoms with van der Waals surface area (Å²) in [5.41, 5.74) is 19.7. The molecule has 11 rings (SSSR count). The minimum absolute atomic E-state index is 0.0433. The molecule has 0 bridgehead atoms. The maximum Gasteiger partial charge on any atom is 0.0726 e. The molecule has 3 aliphatic rings. The van der Waals surface area contributed by atoms with Crippen LogP contribution in [0.1, 0.15) is 47.2 Å². The normalized spacial score (nSPS) is 15.4. The molecule has 1 spiro atoms. The van der Waals surface area contributed by atoms with E-state index in [1.54, 1.807) is 0 Å². The molecule has 0 aliphatic heterocycles. The highest BCUT2D eigenvalue weighted by Gasteiger charge is 2.51. The number of rotatable bonds is 1. The maximum absolute atomic E-state index is 2.52. The molecule has 3 aliphatic carbocycles. The summed E-state index contributed by atoms with van der Waals surface area (Å²) in [6.07, 6.45) is 0. The standard InChI is InChI=1S/C46H31N/c1-45(2)37-18-8-3-16-32(37)35-27-44-36(26-41(35)45)34-17-7-12-22-43(34)47(44)28-23-24-33-31-15-6-11-21-40(31)46(42(33)25-28)38-19-9-4-13-29(38)30-14-5-10-20-39(30)46/h3-27H,1-2H3. The second-order valence-corrected chi connectivity index (χ2v) is 14.1. The molecule has 47 heavy (non-hydrogen) atoms. The van der Waals surface area contributed by atoms with E-state index in [0.29, 0.717) is 0 Å². The molecule has 220 valence electrons. The highest BCUT2D eigenvalue weighted by Crippen LogP contribution is 2.63. The summed E-state index contributed by atoms with van der Waals surface area (Å²) in [6, 6.07) is 57.3. The summed E-state index contributed by atoms with van der Waals surface area (Å²) in [5.74, 6) is 0. The SMILES string of the molecule is CC1(C)c2ccccc2-c2cc3c(cc21)c1ccccc1n3-c1ccc2c(c1)C1(c3ccccc3-c3ccccc31)c1ccccc1-2. The molecule has 0 radical (unpaired) electrons. The number of nitrogens with zero attached hydrogens (tertiary/aromatic N) is 1. The van der Waals surface area contributed by atoms with Crippen molar-refractivity contribution in [1.29, 1.82) is 0 Å². The van der Waals surface area contributed by atoms with Gasteiger partial charge in [0.1, 0.15) is 0 Å². The summed E-state index contributed by atoms with van der Waals surface area (Å²) >= 11 is 0. The first-order chi connectivity index (χ1) is 23.1. The largest absolute Gasteiger partial charge is 0.309 e. The van der Waals surface area contributed by atoms with E-state index in [1.165, 1.54) is 94.3 Å². The first kappa shape index (κ1) is 25.5. The molecule has 0 fully saturated rings. The smallest absolute Gasteiger partial charge is 0.0726 e. The Labute approximate surface area is 274 Å². The number of hydrogen-bond acceptors (Lipinski definition) is 0. The lowest BCUT2D eigenvalue weighted by Gasteiger charge is -2.30. The van der Waals surface area contributed by atoms with E-state index < -0.39 is 0 Å². The van der Waals surface area contributed by atoms with Crippen molar-refractivity contribution in [3.8, 4) is 39.1 Å². The van der Waals surface area contributed by atoms with Gasteiger partial charge in [0.15, 0.2) is 0 Å². The predicted octanol–water partition coefficient (Wildman–Crippen LogP) is 11.4. The summed E-state index contributed by atoms with van der Waals surface area (Å²) in [7, 11) is 0. The molecule has 1 heterocycles. The molecular weight excluding hydrogens is 567 g/mol. The van der Waals surface area contributed by atoms with Crippen LogP contribution in [-0.2, 0) is 10.8 Å². The topological polar surface area (TPSA) is 4.93 Å². The third-order valence-corrected chi connectivity index (χ3v) is 11.6. The van der Waals surface area contributed by atoms with Crippen molar-refractivity contribution in [3.63, 3.8) is 0 Å². The number of aromatic nitrogens is 1. The number of hydrogen-bond donors (Lipinski definition) is 0. The molecule has 1 nitrogen and oxygen atoms in total. The van der Waals surface area contributed by atoms with Gasteiger partial charge in [0.05, 0.1) is 16.4 Å². The Morgan fingerprint density at radius 1 is 0.362 bits per heavy atom. The van der Waals surface area contributed by atoms with Crippen LogP contribution in [-0.4, -0.2) is 4.57 Å². The van der Waals surface area contributed by atoms with Crippen molar-refractivity contribution in [1.82, 2.24) is 4.57 Å². The van der Waals surface area contributed by atoms with E-state index >= 15 is 0 Å². The Hall–Kier alpha value is -5.66. The molecule has 0 N–H and O–H groups in total. The van der Waals surface area contributed by atoms with Gasteiger partial charge in [-0.15, -0.1) is 0 Å². The quantitative estimate of drug-likeness (QED) is 0.177. The fourth-order valence-corrected chi connectivity index (χ4v) is 9.66. The Morgan fingerprint density at radius 3 is 1.51 bits per heavy atom. The third-order valence-electron chi connectivity index (χ3n) is 11.6. The van der Waals surface area contributed by atoms with Crippen molar-refractivity contribution in [3.05, 3.63) is 185 Å². The van der Waals surface area contributed by atoms with Crippen LogP contribution in [0.15, 0.2) is 152 Å². The van der Waals surface area contributed by atoms with Crippen molar-refractivity contribution in [2.45, 2.75) is 24.7 Å². The third kappa shape index (κ3) is 2.93. The van der Waals surface area contributed by atoms with E-state index in [9.17, 15) is 0 Å². The van der Waals surface area contributed by atoms with Crippen LogP contribution in [0.2, 0.25) is 0 Å². The van der Waals surface area contributed by atoms with Crippen LogP contribution in [0.3, 0.4) is 0 Å². The van der Waals surface area contributed by atoms with Crippen molar-refractivity contribution < 1.29 is 0 Å². The Kier molecular flexibility index (Phi) is 4.66. The lowest BCUT2D eigenvalue weighted by Crippen LogP contribution is -2.26. The molecule has 0 saturated carbocycles. The zero-order chi connectivity index (χ0) is 31.1. The minimum atomic E-state index is -0.363. The van der Waals surface area contributed by atoms with Crippen LogP contribution in [0, 0.1) is 0 Å². The van der Waals surface area contributed by atoms with Gasteiger partial charge in [-0.05, 0) is 97.1 Å². The van der Waals surface area contributed by atoms with Gasteiger partial charge >= 0.3 is 0 Å². The van der Waals surface area contributed by atoms with E-state index in [2.05, 4.69) is 170 Å². The summed E-state index contributed by atoms with van der Waals surface area (Å²) in [5, 5.41) is 2.61. The monoisotopic (exact) mass is 597 g/mol. The molecule has 8 aromatic rings. The van der Waals surface area contributed by atoms with E-state index in [-0.39, 0.29) is 10.8 Å². The van der Waals surface area contributed by atoms with Crippen molar-refractivity contribution in [2.24, 2.45) is 0 Å². The average Bonchev–Trinajstić information content (AvgIpc) is 3.78. The van der Waals surface area contributed by atoms with Gasteiger partial charge in [0.25, 0.3) is 0 Å². The first-order valence-electron chi connectivity index (χ1n) is 16.7. The fraction of sp³-hybridized carbons (Fsp3) is 0.0870. The molecule has 0 unspecified atom stereocenters. The lowest BCUT2D eigenvalue weighted by atomic mass is 9.70. The molecule has 1 aromatic heterocycles. The summed E-state index contributed by atoms with van der Waals surface area (Å²) < 4.78 is 2.52. The number of benzene rings is 7. The second kappa shape index (κ2) is 8.57. The van der Waals surface area contributed by atoms with Crippen molar-refractivity contribution >= 4 is 21.8 Å². The van der Waals surface area contributed by atoms with Crippen LogP contribution in [0.25, 0.3) is 60.9 Å². The molecule has 0 atom stereocenters. The molecular formula is C46H31N. The number of fused-ring (bicyclic) bond motifs is 16. The Morgan fingerprint density at radius 2 is 0.872 bits per heavy atom. The van der Waals surface area contributed by atoms with Crippen molar-refractivity contribution in [2.75, 3.05) is 0 Å². The van der Waals surface area contributed by atoms with Crippen LogP contribution in [0.5, 0.6) is 0 Å². The lowest BCUT2D eigenvalue weighted by molar-refractivity contribution is 0.661. The summed E-state index contributed by atoms with van der Waals surface area (Å²) in [4.78, 5) is 0. The molecule has 0 amide bonds. The van der Waals surface area contributed by atoms with Gasteiger partial charge in [-0.2, -0.15) is 0 Å². The Balaban J connectivity index is 1.25. The number of para-hydroxylation sites is 1. The second-order valence-electron chi connectivity index (χ2n) is 14.1. The predicted molar refractivity (Wildman–Crippen MR) is 195 cm³/mol. The molecule has 1 heteroatoms. The molecule has 7 aromatic carbocycles. The minimum Gasteiger partial charge on any atom is -0.309 e. The van der Waals surface area contributed by atoms with Gasteiger partial charge in [-0.3, -0.25) is 0 Å². The van der Waals surface area contributed by atoms with E-state index in [4.69, 9.17) is 0 Å². The van der Waals surface area contributed by atoms with E-state index in [1.807, 2.05) is 0 Å². The van der Waals surface area contributed by atoms with Crippen LogP contribution in [0.4, 0.5) is 0 Å². The van der Waals surface area contributed by atoms with Crippen LogP contribution >= 0.6 is 0 Å². The van der Waals surface area contributed by atoms with E-state index in [0.717, 1.165) is 0 Å². The first-order valence-corrected chi connectivity index (χ1v) is 16.7. The maximum atomic E-state index is 2.52. The highest BCUT2D eigenvalue weighted by atomic mass is 15.0. The molecule has 0 saturated heterocycles. The summed E-state index contributed by atoms with van der Waals surface area (Å²) in [6.45, 7) is 4.75. The highest BCUT2D eigenvalue weighted by molar-refractivity contribution is 6.11. The Bertz CT molecular complexity index is 2600. The van der Waals surface area contributed by atoms with Crippen LogP contribution < -0.4 is 0 Å². The fourth-order valence-electron chi connectivity index (χ4n) is 9.66. The zero-order valence-electron chi connectivity index (χ0n) is 26.4. The van der Waals surface area contributed by atoms with Gasteiger partial charge in [0, 0.05) is 21.9 Å². The van der Waals surface area contributed by atoms with Gasteiger partial charge in [0.2, 0.25) is 0 Å². The zero-order valence-corrected chi connectivity index (χ0v) is 26.4.